The van der Waals surface area contributed by atoms with Crippen LogP contribution in [0.2, 0.25) is 0 Å². The van der Waals surface area contributed by atoms with Gasteiger partial charge in [0.1, 0.15) is 0 Å². The fourth-order valence-corrected chi connectivity index (χ4v) is 7.73. The van der Waals surface area contributed by atoms with Crippen molar-refractivity contribution in [2.75, 3.05) is 7.11 Å². The molecule has 3 fully saturated rings. The maximum Gasteiger partial charge on any atom is 0.305 e. The van der Waals surface area contributed by atoms with E-state index in [-0.39, 0.29) is 5.97 Å². The van der Waals surface area contributed by atoms with Gasteiger partial charge in [-0.05, 0) is 98.7 Å². The van der Waals surface area contributed by atoms with Crippen LogP contribution in [-0.2, 0) is 9.53 Å². The second kappa shape index (κ2) is 6.43. The van der Waals surface area contributed by atoms with Gasteiger partial charge in [-0.15, -0.1) is 0 Å². The van der Waals surface area contributed by atoms with Crippen LogP contribution in [0.4, 0.5) is 0 Å². The summed E-state index contributed by atoms with van der Waals surface area (Å²) in [5.74, 6) is 3.46. The van der Waals surface area contributed by atoms with Crippen molar-refractivity contribution in [2.45, 2.75) is 84.5 Å². The molecule has 2 nitrogen and oxygen atoms in total. The van der Waals surface area contributed by atoms with Gasteiger partial charge in [0.15, 0.2) is 0 Å². The number of methoxy groups -OCH3 is 1. The molecule has 0 saturated heterocycles. The number of hydrogen-bond acceptors (Lipinski definition) is 2. The molecule has 6 atom stereocenters. The summed E-state index contributed by atoms with van der Waals surface area (Å²) in [6.45, 7) is 5.17. The van der Waals surface area contributed by atoms with Crippen molar-refractivity contribution in [1.29, 1.82) is 0 Å². The van der Waals surface area contributed by atoms with Crippen LogP contribution in [0.1, 0.15) is 84.5 Å². The Morgan fingerprint density at radius 3 is 2.80 bits per heavy atom. The SMILES string of the molecule is COC(=O)CC[C@@H]1CC[C@H]2[C@@H]3CCC4=CCCC[C@]4(C)[C@H]3CC[C@]12C. The van der Waals surface area contributed by atoms with Gasteiger partial charge in [-0.3, -0.25) is 4.79 Å². The van der Waals surface area contributed by atoms with Gasteiger partial charge in [-0.25, -0.2) is 0 Å². The number of ether oxygens (including phenoxy) is 1. The molecule has 0 heterocycles. The highest BCUT2D eigenvalue weighted by Crippen LogP contribution is 2.67. The minimum absolute atomic E-state index is 0.0251. The van der Waals surface area contributed by atoms with Crippen molar-refractivity contribution < 1.29 is 9.53 Å². The average Bonchev–Trinajstić information content (AvgIpc) is 2.95. The number of carbonyl (C=O) groups is 1. The molecule has 140 valence electrons. The summed E-state index contributed by atoms with van der Waals surface area (Å²) in [6, 6.07) is 0. The second-order valence-electron chi connectivity index (χ2n) is 9.89. The lowest BCUT2D eigenvalue weighted by atomic mass is 9.47. The van der Waals surface area contributed by atoms with E-state index >= 15 is 0 Å². The Morgan fingerprint density at radius 2 is 2.00 bits per heavy atom. The quantitative estimate of drug-likeness (QED) is 0.470. The lowest BCUT2D eigenvalue weighted by Gasteiger charge is -2.58. The van der Waals surface area contributed by atoms with E-state index in [1.54, 1.807) is 0 Å². The smallest absolute Gasteiger partial charge is 0.305 e. The van der Waals surface area contributed by atoms with E-state index in [9.17, 15) is 4.79 Å². The van der Waals surface area contributed by atoms with Gasteiger partial charge < -0.3 is 4.74 Å². The molecule has 4 aliphatic carbocycles. The standard InChI is InChI=1S/C23H36O2/c1-22-14-5-4-6-16(22)7-10-18-19-11-8-17(9-12-21(24)25-3)23(19,2)15-13-20(18)22/h6,17-20H,4-5,7-15H2,1-3H3/t17-,18-,19-,20-,22-,23+/m0/s1. The van der Waals surface area contributed by atoms with Gasteiger partial charge in [0.2, 0.25) is 0 Å². The number of esters is 1. The first-order valence-corrected chi connectivity index (χ1v) is 10.8. The van der Waals surface area contributed by atoms with E-state index in [1.165, 1.54) is 64.9 Å². The van der Waals surface area contributed by atoms with Gasteiger partial charge in [-0.2, -0.15) is 0 Å². The van der Waals surface area contributed by atoms with Crippen molar-refractivity contribution in [3.8, 4) is 0 Å². The van der Waals surface area contributed by atoms with E-state index in [4.69, 9.17) is 4.74 Å². The largest absolute Gasteiger partial charge is 0.469 e. The molecular weight excluding hydrogens is 308 g/mol. The zero-order valence-corrected chi connectivity index (χ0v) is 16.5. The van der Waals surface area contributed by atoms with Crippen molar-refractivity contribution in [3.63, 3.8) is 0 Å². The highest BCUT2D eigenvalue weighted by Gasteiger charge is 2.58. The van der Waals surface area contributed by atoms with Crippen LogP contribution in [0.15, 0.2) is 11.6 Å². The lowest BCUT2D eigenvalue weighted by Crippen LogP contribution is -2.50. The van der Waals surface area contributed by atoms with Crippen molar-refractivity contribution in [2.24, 2.45) is 34.5 Å². The van der Waals surface area contributed by atoms with E-state index in [0.29, 0.717) is 17.3 Å². The Balaban J connectivity index is 1.52. The first-order chi connectivity index (χ1) is 12.0. The minimum Gasteiger partial charge on any atom is -0.469 e. The number of fused-ring (bicyclic) bond motifs is 5. The third-order valence-electron chi connectivity index (χ3n) is 9.15. The monoisotopic (exact) mass is 344 g/mol. The van der Waals surface area contributed by atoms with Crippen LogP contribution in [0.25, 0.3) is 0 Å². The lowest BCUT2D eigenvalue weighted by molar-refractivity contribution is -0.141. The number of carbonyl (C=O) groups excluding carboxylic acids is 1. The third-order valence-corrected chi connectivity index (χ3v) is 9.15. The molecule has 0 aromatic heterocycles. The Kier molecular flexibility index (Phi) is 4.53. The van der Waals surface area contributed by atoms with Crippen LogP contribution in [0.5, 0.6) is 0 Å². The predicted molar refractivity (Wildman–Crippen MR) is 101 cm³/mol. The highest BCUT2D eigenvalue weighted by molar-refractivity contribution is 5.69. The summed E-state index contributed by atoms with van der Waals surface area (Å²) in [7, 11) is 1.52. The maximum absolute atomic E-state index is 11.6. The first kappa shape index (κ1) is 17.6. The zero-order chi connectivity index (χ0) is 17.7. The Morgan fingerprint density at radius 1 is 1.16 bits per heavy atom. The zero-order valence-electron chi connectivity index (χ0n) is 16.5. The first-order valence-electron chi connectivity index (χ1n) is 10.8. The van der Waals surface area contributed by atoms with Gasteiger partial charge in [0, 0.05) is 6.42 Å². The van der Waals surface area contributed by atoms with E-state index in [0.717, 1.165) is 30.1 Å². The van der Waals surface area contributed by atoms with Gasteiger partial charge in [-0.1, -0.05) is 25.5 Å². The van der Waals surface area contributed by atoms with Crippen LogP contribution in [0.3, 0.4) is 0 Å². The normalized spacial score (nSPS) is 45.8. The van der Waals surface area contributed by atoms with Crippen molar-refractivity contribution in [3.05, 3.63) is 11.6 Å². The topological polar surface area (TPSA) is 26.3 Å². The average molecular weight is 345 g/mol. The van der Waals surface area contributed by atoms with Crippen molar-refractivity contribution >= 4 is 5.97 Å². The fraction of sp³-hybridized carbons (Fsp3) is 0.870. The summed E-state index contributed by atoms with van der Waals surface area (Å²) in [5, 5.41) is 0. The van der Waals surface area contributed by atoms with E-state index in [2.05, 4.69) is 19.9 Å². The molecular formula is C23H36O2. The fourth-order valence-electron chi connectivity index (χ4n) is 7.73. The molecule has 0 unspecified atom stereocenters. The molecule has 0 aromatic rings. The van der Waals surface area contributed by atoms with Crippen LogP contribution < -0.4 is 0 Å². The third kappa shape index (κ3) is 2.70. The predicted octanol–water partition coefficient (Wildman–Crippen LogP) is 5.91. The molecule has 4 aliphatic rings. The van der Waals surface area contributed by atoms with Gasteiger partial charge >= 0.3 is 5.97 Å². The summed E-state index contributed by atoms with van der Waals surface area (Å²) in [4.78, 5) is 11.6. The number of hydrogen-bond donors (Lipinski definition) is 0. The van der Waals surface area contributed by atoms with Crippen molar-refractivity contribution in [1.82, 2.24) is 0 Å². The Bertz CT molecular complexity index is 564. The van der Waals surface area contributed by atoms with Gasteiger partial charge in [0.25, 0.3) is 0 Å². The number of allylic oxidation sites excluding steroid dienone is 2. The second-order valence-corrected chi connectivity index (χ2v) is 9.89. The summed E-state index contributed by atoms with van der Waals surface area (Å²) in [6.07, 6.45) is 16.7. The Hall–Kier alpha value is -0.790. The minimum atomic E-state index is -0.0251. The molecule has 4 rings (SSSR count). The molecule has 0 N–H and O–H groups in total. The molecule has 25 heavy (non-hydrogen) atoms. The highest BCUT2D eigenvalue weighted by atomic mass is 16.5. The molecule has 2 heteroatoms. The molecule has 0 aliphatic heterocycles. The molecule has 0 spiro atoms. The maximum atomic E-state index is 11.6. The molecule has 0 radical (unpaired) electrons. The Labute approximate surface area is 153 Å². The van der Waals surface area contributed by atoms with Crippen LogP contribution in [-0.4, -0.2) is 13.1 Å². The van der Waals surface area contributed by atoms with Crippen LogP contribution in [0, 0.1) is 34.5 Å². The molecule has 0 aromatic carbocycles. The van der Waals surface area contributed by atoms with E-state index in [1.807, 2.05) is 5.57 Å². The summed E-state index contributed by atoms with van der Waals surface area (Å²) >= 11 is 0. The number of rotatable bonds is 3. The van der Waals surface area contributed by atoms with Gasteiger partial charge in [0.05, 0.1) is 7.11 Å². The van der Waals surface area contributed by atoms with E-state index < -0.39 is 0 Å². The van der Waals surface area contributed by atoms with Crippen LogP contribution >= 0.6 is 0 Å². The summed E-state index contributed by atoms with van der Waals surface area (Å²) in [5.41, 5.74) is 2.79. The molecule has 0 amide bonds. The molecule has 3 saturated carbocycles. The summed E-state index contributed by atoms with van der Waals surface area (Å²) < 4.78 is 4.89. The molecule has 0 bridgehead atoms.